The summed E-state index contributed by atoms with van der Waals surface area (Å²) in [6.07, 6.45) is 2.81. The Morgan fingerprint density at radius 1 is 1.23 bits per heavy atom. The molecular weight excluding hydrogens is 328 g/mol. The van der Waals surface area contributed by atoms with E-state index >= 15 is 0 Å². The predicted octanol–water partition coefficient (Wildman–Crippen LogP) is 3.52. The summed E-state index contributed by atoms with van der Waals surface area (Å²) in [5.41, 5.74) is 2.75. The lowest BCUT2D eigenvalue weighted by atomic mass is 9.94. The van der Waals surface area contributed by atoms with E-state index in [1.165, 1.54) is 0 Å². The molecule has 2 bridgehead atoms. The predicted molar refractivity (Wildman–Crippen MR) is 100 cm³/mol. The maximum atomic E-state index is 13.2. The van der Waals surface area contributed by atoms with Crippen LogP contribution >= 0.6 is 0 Å². The number of carbonyl (C=O) groups is 2. The quantitative estimate of drug-likeness (QED) is 0.847. The number of carbonyl (C=O) groups excluding carboxylic acids is 2. The van der Waals surface area contributed by atoms with Gasteiger partial charge in [0.2, 0.25) is 5.91 Å². The molecular formula is C21H26N2O3. The van der Waals surface area contributed by atoms with E-state index in [1.54, 1.807) is 0 Å². The van der Waals surface area contributed by atoms with Crippen LogP contribution in [-0.2, 0) is 4.79 Å². The molecule has 5 heteroatoms. The minimum Gasteiger partial charge on any atom is -0.451 e. The normalized spacial score (nSPS) is 23.0. The van der Waals surface area contributed by atoms with Crippen LogP contribution in [0.1, 0.15) is 47.9 Å². The fourth-order valence-corrected chi connectivity index (χ4v) is 4.42. The third kappa shape index (κ3) is 2.70. The van der Waals surface area contributed by atoms with Crippen LogP contribution in [0.25, 0.3) is 11.0 Å². The number of fused-ring (bicyclic) bond motifs is 5. The number of rotatable bonds is 3. The van der Waals surface area contributed by atoms with Gasteiger partial charge in [-0.1, -0.05) is 19.1 Å². The molecule has 3 saturated heterocycles. The summed E-state index contributed by atoms with van der Waals surface area (Å²) in [5.74, 6) is 0.479. The summed E-state index contributed by atoms with van der Waals surface area (Å²) in [6.45, 7) is 7.94. The molecule has 0 aliphatic carbocycles. The van der Waals surface area contributed by atoms with Crippen molar-refractivity contribution >= 4 is 22.8 Å². The van der Waals surface area contributed by atoms with Crippen molar-refractivity contribution in [3.63, 3.8) is 0 Å². The summed E-state index contributed by atoms with van der Waals surface area (Å²) >= 11 is 0. The number of hydrogen-bond donors (Lipinski definition) is 0. The Kier molecular flexibility index (Phi) is 4.25. The van der Waals surface area contributed by atoms with E-state index in [-0.39, 0.29) is 23.8 Å². The van der Waals surface area contributed by atoms with Gasteiger partial charge in [-0.05, 0) is 44.7 Å². The second kappa shape index (κ2) is 6.45. The van der Waals surface area contributed by atoms with Gasteiger partial charge in [-0.15, -0.1) is 0 Å². The average molecular weight is 354 g/mol. The SMILES string of the molecule is CCCN1C(=O)[C@H]2CC[C@@H]1CN(C(=O)c1oc3cc(C)ccc3c1C)C2. The van der Waals surface area contributed by atoms with Crippen molar-refractivity contribution in [3.8, 4) is 0 Å². The Morgan fingerprint density at radius 3 is 2.81 bits per heavy atom. The Labute approximate surface area is 153 Å². The molecule has 3 aliphatic rings. The van der Waals surface area contributed by atoms with Gasteiger partial charge < -0.3 is 14.2 Å². The molecule has 138 valence electrons. The van der Waals surface area contributed by atoms with Crippen LogP contribution in [0.4, 0.5) is 0 Å². The summed E-state index contributed by atoms with van der Waals surface area (Å²) in [6, 6.07) is 6.15. The zero-order valence-corrected chi connectivity index (χ0v) is 15.7. The molecule has 4 heterocycles. The first kappa shape index (κ1) is 17.1. The molecule has 0 spiro atoms. The van der Waals surface area contributed by atoms with E-state index in [2.05, 4.69) is 6.92 Å². The smallest absolute Gasteiger partial charge is 0.289 e. The van der Waals surface area contributed by atoms with Crippen LogP contribution in [0.15, 0.2) is 22.6 Å². The summed E-state index contributed by atoms with van der Waals surface area (Å²) in [4.78, 5) is 29.8. The summed E-state index contributed by atoms with van der Waals surface area (Å²) in [5, 5.41) is 0.987. The van der Waals surface area contributed by atoms with Crippen LogP contribution in [0.5, 0.6) is 0 Å². The zero-order valence-electron chi connectivity index (χ0n) is 15.7. The first-order valence-electron chi connectivity index (χ1n) is 9.59. The molecule has 3 fully saturated rings. The molecule has 3 aliphatic heterocycles. The minimum atomic E-state index is -0.0839. The monoisotopic (exact) mass is 354 g/mol. The van der Waals surface area contributed by atoms with Crippen molar-refractivity contribution in [1.29, 1.82) is 0 Å². The van der Waals surface area contributed by atoms with Crippen molar-refractivity contribution in [3.05, 3.63) is 35.1 Å². The van der Waals surface area contributed by atoms with E-state index in [4.69, 9.17) is 4.42 Å². The standard InChI is InChI=1S/C21H26N2O3/c1-4-9-23-16-7-6-15(20(23)24)11-22(12-16)21(25)19-14(3)17-8-5-13(2)10-18(17)26-19/h5,8,10,15-16H,4,6-7,9,11-12H2,1-3H3/t15-,16+/m0/s1. The van der Waals surface area contributed by atoms with Gasteiger partial charge in [0, 0.05) is 36.6 Å². The Hall–Kier alpha value is -2.30. The Bertz CT molecular complexity index is 870. The highest BCUT2D eigenvalue weighted by molar-refractivity contribution is 5.99. The van der Waals surface area contributed by atoms with Crippen LogP contribution in [0, 0.1) is 19.8 Å². The molecule has 0 radical (unpaired) electrons. The summed E-state index contributed by atoms with van der Waals surface area (Å²) < 4.78 is 5.94. The van der Waals surface area contributed by atoms with Crippen molar-refractivity contribution < 1.29 is 14.0 Å². The van der Waals surface area contributed by atoms with Gasteiger partial charge in [0.25, 0.3) is 5.91 Å². The number of furan rings is 1. The third-order valence-corrected chi connectivity index (χ3v) is 5.83. The van der Waals surface area contributed by atoms with Crippen LogP contribution < -0.4 is 0 Å². The molecule has 2 atom stereocenters. The lowest BCUT2D eigenvalue weighted by Gasteiger charge is -2.35. The van der Waals surface area contributed by atoms with E-state index in [1.807, 2.05) is 41.8 Å². The number of nitrogens with zero attached hydrogens (tertiary/aromatic N) is 2. The number of benzene rings is 1. The first-order valence-corrected chi connectivity index (χ1v) is 9.59. The van der Waals surface area contributed by atoms with Crippen molar-refractivity contribution in [2.24, 2.45) is 5.92 Å². The second-order valence-corrected chi connectivity index (χ2v) is 7.73. The van der Waals surface area contributed by atoms with Gasteiger partial charge in [-0.25, -0.2) is 0 Å². The summed E-state index contributed by atoms with van der Waals surface area (Å²) in [7, 11) is 0. The van der Waals surface area contributed by atoms with Crippen LogP contribution in [0.2, 0.25) is 0 Å². The van der Waals surface area contributed by atoms with Gasteiger partial charge in [-0.3, -0.25) is 9.59 Å². The lowest BCUT2D eigenvalue weighted by Crippen LogP contribution is -2.48. The van der Waals surface area contributed by atoms with Crippen LogP contribution in [-0.4, -0.2) is 47.3 Å². The van der Waals surface area contributed by atoms with E-state index in [9.17, 15) is 9.59 Å². The van der Waals surface area contributed by atoms with Gasteiger partial charge in [0.15, 0.2) is 5.76 Å². The maximum absolute atomic E-state index is 13.2. The third-order valence-electron chi connectivity index (χ3n) is 5.83. The molecule has 1 aromatic heterocycles. The number of piperidine rings is 1. The molecule has 0 saturated carbocycles. The van der Waals surface area contributed by atoms with Gasteiger partial charge in [0.1, 0.15) is 5.58 Å². The van der Waals surface area contributed by atoms with E-state index in [0.29, 0.717) is 18.8 Å². The van der Waals surface area contributed by atoms with Crippen molar-refractivity contribution in [2.75, 3.05) is 19.6 Å². The molecule has 0 unspecified atom stereocenters. The highest BCUT2D eigenvalue weighted by Gasteiger charge is 2.42. The lowest BCUT2D eigenvalue weighted by molar-refractivity contribution is -0.139. The highest BCUT2D eigenvalue weighted by Crippen LogP contribution is 2.32. The first-order chi connectivity index (χ1) is 12.5. The van der Waals surface area contributed by atoms with Gasteiger partial charge in [0.05, 0.1) is 5.92 Å². The molecule has 0 N–H and O–H groups in total. The largest absolute Gasteiger partial charge is 0.451 e. The average Bonchev–Trinajstić information content (AvgIpc) is 2.76. The van der Waals surface area contributed by atoms with E-state index in [0.717, 1.165) is 47.9 Å². The molecule has 5 nitrogen and oxygen atoms in total. The fraction of sp³-hybridized carbons (Fsp3) is 0.524. The number of hydrogen-bond acceptors (Lipinski definition) is 3. The van der Waals surface area contributed by atoms with Crippen molar-refractivity contribution in [1.82, 2.24) is 9.80 Å². The Morgan fingerprint density at radius 2 is 2.04 bits per heavy atom. The topological polar surface area (TPSA) is 53.8 Å². The molecule has 26 heavy (non-hydrogen) atoms. The highest BCUT2D eigenvalue weighted by atomic mass is 16.3. The van der Waals surface area contributed by atoms with Gasteiger partial charge >= 0.3 is 0 Å². The fourth-order valence-electron chi connectivity index (χ4n) is 4.42. The second-order valence-electron chi connectivity index (χ2n) is 7.73. The number of aryl methyl sites for hydroxylation is 2. The molecule has 2 aromatic rings. The molecule has 1 aromatic carbocycles. The minimum absolute atomic E-state index is 0.0730. The van der Waals surface area contributed by atoms with Crippen LogP contribution in [0.3, 0.4) is 0 Å². The molecule has 5 rings (SSSR count). The van der Waals surface area contributed by atoms with Crippen molar-refractivity contribution in [2.45, 2.75) is 46.1 Å². The van der Waals surface area contributed by atoms with E-state index < -0.39 is 0 Å². The Balaban J connectivity index is 1.65. The number of amides is 2. The zero-order chi connectivity index (χ0) is 18.4. The molecule has 2 amide bonds. The van der Waals surface area contributed by atoms with Gasteiger partial charge in [-0.2, -0.15) is 0 Å². The maximum Gasteiger partial charge on any atom is 0.289 e.